The maximum atomic E-state index is 6.17. The predicted molar refractivity (Wildman–Crippen MR) is 121 cm³/mol. The van der Waals surface area contributed by atoms with E-state index in [4.69, 9.17) is 11.5 Å². The van der Waals surface area contributed by atoms with Crippen molar-refractivity contribution >= 4 is 5.84 Å². The lowest BCUT2D eigenvalue weighted by molar-refractivity contribution is 1.07. The van der Waals surface area contributed by atoms with Crippen molar-refractivity contribution in [2.75, 3.05) is 6.54 Å². The Bertz CT molecular complexity index is 768. The third kappa shape index (κ3) is 8.93. The largest absolute Gasteiger partial charge is 0.405 e. The molecule has 5 N–H and O–H groups in total. The molecule has 27 heavy (non-hydrogen) atoms. The molecule has 0 rings (SSSR count). The first-order chi connectivity index (χ1) is 12.8. The van der Waals surface area contributed by atoms with Crippen LogP contribution in [0.1, 0.15) is 6.92 Å². The Kier molecular flexibility index (Phi) is 11.1. The Balaban J connectivity index is 5.98. The third-order valence-electron chi connectivity index (χ3n) is 3.19. The van der Waals surface area contributed by atoms with Crippen molar-refractivity contribution in [2.24, 2.45) is 16.5 Å². The number of nitrogens with two attached hydrogens (primary N) is 2. The SMILES string of the molecule is C=C/C=C\C(=C)C(=C)/C(C(=NCC(=C)/C=C\C=C/N)NC(=C)C)=C(/N)C=C. The smallest absolute Gasteiger partial charge is 0.135 e. The van der Waals surface area contributed by atoms with Crippen LogP contribution < -0.4 is 16.8 Å². The molecule has 0 unspecified atom stereocenters. The van der Waals surface area contributed by atoms with Crippen LogP contribution in [0.3, 0.4) is 0 Å². The number of nitrogens with one attached hydrogen (secondary N) is 1. The standard InChI is InChI=1S/C23H30N4/c1-8-10-14-19(6)20(7)22(21(25)9-2)23(27-17(3)4)26-16-18(5)13-11-12-15-24/h8-15H,1-3,5-7,16,24-25H2,4H3,(H,26,27)/b13-11-,14-10-,15-12-,22-21-. The first kappa shape index (κ1) is 23.5. The molecular formula is C23H30N4. The molecule has 0 aliphatic heterocycles. The summed E-state index contributed by atoms with van der Waals surface area (Å²) >= 11 is 0. The summed E-state index contributed by atoms with van der Waals surface area (Å²) in [6.45, 7) is 25.6. The number of amidine groups is 1. The zero-order valence-electron chi connectivity index (χ0n) is 16.2. The van der Waals surface area contributed by atoms with E-state index in [2.05, 4.69) is 49.8 Å². The number of aliphatic imine (C=N–C) groups is 1. The summed E-state index contributed by atoms with van der Waals surface area (Å²) in [4.78, 5) is 4.60. The lowest BCUT2D eigenvalue weighted by atomic mass is 9.96. The Hall–Kier alpha value is -3.53. The first-order valence-corrected chi connectivity index (χ1v) is 8.28. The summed E-state index contributed by atoms with van der Waals surface area (Å²) in [5.74, 6) is 0.516. The van der Waals surface area contributed by atoms with Gasteiger partial charge in [-0.2, -0.15) is 0 Å². The van der Waals surface area contributed by atoms with Crippen LogP contribution in [0, 0.1) is 0 Å². The maximum absolute atomic E-state index is 6.17. The van der Waals surface area contributed by atoms with Crippen molar-refractivity contribution < 1.29 is 0 Å². The normalized spacial score (nSPS) is 12.9. The Labute approximate surface area is 163 Å². The summed E-state index contributed by atoms with van der Waals surface area (Å²) in [7, 11) is 0. The summed E-state index contributed by atoms with van der Waals surface area (Å²) in [5.41, 5.74) is 15.3. The number of hydrogen-bond acceptors (Lipinski definition) is 3. The third-order valence-corrected chi connectivity index (χ3v) is 3.19. The topological polar surface area (TPSA) is 76.4 Å². The molecule has 0 saturated carbocycles. The van der Waals surface area contributed by atoms with Crippen LogP contribution in [-0.4, -0.2) is 12.4 Å². The van der Waals surface area contributed by atoms with Gasteiger partial charge in [-0.1, -0.05) is 69.9 Å². The van der Waals surface area contributed by atoms with Gasteiger partial charge in [0, 0.05) is 17.0 Å². The second kappa shape index (κ2) is 12.8. The molecular weight excluding hydrogens is 332 g/mol. The molecule has 0 aliphatic carbocycles. The van der Waals surface area contributed by atoms with Crippen LogP contribution >= 0.6 is 0 Å². The molecule has 0 spiro atoms. The lowest BCUT2D eigenvalue weighted by Crippen LogP contribution is -2.27. The van der Waals surface area contributed by atoms with E-state index in [0.717, 1.165) is 5.57 Å². The second-order valence-electron chi connectivity index (χ2n) is 5.61. The van der Waals surface area contributed by atoms with Crippen molar-refractivity contribution in [3.8, 4) is 0 Å². The van der Waals surface area contributed by atoms with Gasteiger partial charge in [-0.05, 0) is 42.0 Å². The van der Waals surface area contributed by atoms with Crippen LogP contribution in [0.25, 0.3) is 0 Å². The van der Waals surface area contributed by atoms with Crippen molar-refractivity contribution in [1.82, 2.24) is 5.32 Å². The van der Waals surface area contributed by atoms with Gasteiger partial charge >= 0.3 is 0 Å². The van der Waals surface area contributed by atoms with Gasteiger partial charge in [-0.25, -0.2) is 0 Å². The van der Waals surface area contributed by atoms with Crippen LogP contribution in [-0.2, 0) is 0 Å². The van der Waals surface area contributed by atoms with Gasteiger partial charge in [-0.3, -0.25) is 4.99 Å². The van der Waals surface area contributed by atoms with Crippen LogP contribution in [0.15, 0.2) is 127 Å². The molecule has 4 nitrogen and oxygen atoms in total. The number of allylic oxidation sites excluding steroid dienone is 8. The fraction of sp³-hybridized carbons (Fsp3) is 0.0870. The van der Waals surface area contributed by atoms with Crippen LogP contribution in [0.2, 0.25) is 0 Å². The molecule has 0 aromatic heterocycles. The Morgan fingerprint density at radius 2 is 1.70 bits per heavy atom. The zero-order chi connectivity index (χ0) is 20.8. The van der Waals surface area contributed by atoms with E-state index in [-0.39, 0.29) is 0 Å². The van der Waals surface area contributed by atoms with Gasteiger partial charge in [0.15, 0.2) is 0 Å². The van der Waals surface area contributed by atoms with Crippen molar-refractivity contribution in [2.45, 2.75) is 6.92 Å². The molecule has 0 radical (unpaired) electrons. The van der Waals surface area contributed by atoms with Crippen LogP contribution in [0.5, 0.6) is 0 Å². The van der Waals surface area contributed by atoms with Crippen molar-refractivity contribution in [3.63, 3.8) is 0 Å². The van der Waals surface area contributed by atoms with E-state index in [9.17, 15) is 0 Å². The quantitative estimate of drug-likeness (QED) is 0.291. The average Bonchev–Trinajstić information content (AvgIpc) is 2.63. The van der Waals surface area contributed by atoms with Crippen molar-refractivity contribution in [1.29, 1.82) is 0 Å². The highest BCUT2D eigenvalue weighted by Crippen LogP contribution is 2.21. The summed E-state index contributed by atoms with van der Waals surface area (Å²) in [5, 5.41) is 3.13. The van der Waals surface area contributed by atoms with E-state index in [1.54, 1.807) is 36.5 Å². The molecule has 0 bridgehead atoms. The molecule has 0 heterocycles. The highest BCUT2D eigenvalue weighted by molar-refractivity contribution is 6.05. The zero-order valence-corrected chi connectivity index (χ0v) is 16.2. The fourth-order valence-electron chi connectivity index (χ4n) is 1.87. The molecule has 0 amide bonds. The minimum Gasteiger partial charge on any atom is -0.405 e. The van der Waals surface area contributed by atoms with Crippen LogP contribution in [0.4, 0.5) is 0 Å². The average molecular weight is 363 g/mol. The molecule has 4 heteroatoms. The monoisotopic (exact) mass is 362 g/mol. The van der Waals surface area contributed by atoms with E-state index in [1.807, 2.05) is 13.0 Å². The minimum absolute atomic E-state index is 0.348. The Morgan fingerprint density at radius 1 is 1.04 bits per heavy atom. The summed E-state index contributed by atoms with van der Waals surface area (Å²) < 4.78 is 0. The maximum Gasteiger partial charge on any atom is 0.135 e. The van der Waals surface area contributed by atoms with Gasteiger partial charge in [0.2, 0.25) is 0 Å². The summed E-state index contributed by atoms with van der Waals surface area (Å²) in [6, 6.07) is 0. The van der Waals surface area contributed by atoms with Gasteiger partial charge in [-0.15, -0.1) is 0 Å². The number of nitrogens with zero attached hydrogens (tertiary/aromatic N) is 1. The molecule has 0 aliphatic rings. The van der Waals surface area contributed by atoms with E-state index < -0.39 is 0 Å². The lowest BCUT2D eigenvalue weighted by Gasteiger charge is -2.18. The number of hydrogen-bond donors (Lipinski definition) is 3. The highest BCUT2D eigenvalue weighted by atomic mass is 15.0. The second-order valence-corrected chi connectivity index (χ2v) is 5.61. The highest BCUT2D eigenvalue weighted by Gasteiger charge is 2.15. The molecule has 142 valence electrons. The summed E-state index contributed by atoms with van der Waals surface area (Å²) in [6.07, 6.45) is 13.5. The van der Waals surface area contributed by atoms with Gasteiger partial charge in [0.25, 0.3) is 0 Å². The molecule has 0 aromatic carbocycles. The molecule has 0 fully saturated rings. The minimum atomic E-state index is 0.348. The molecule has 0 aromatic rings. The van der Waals surface area contributed by atoms with Gasteiger partial charge in [0.05, 0.1) is 6.54 Å². The van der Waals surface area contributed by atoms with Gasteiger partial charge in [0.1, 0.15) is 5.84 Å². The fourth-order valence-corrected chi connectivity index (χ4v) is 1.87. The first-order valence-electron chi connectivity index (χ1n) is 8.28. The van der Waals surface area contributed by atoms with E-state index in [1.165, 1.54) is 6.20 Å². The van der Waals surface area contributed by atoms with E-state index in [0.29, 0.717) is 40.5 Å². The molecule has 0 atom stereocenters. The number of rotatable bonds is 11. The Morgan fingerprint density at radius 3 is 2.22 bits per heavy atom. The molecule has 0 saturated heterocycles. The van der Waals surface area contributed by atoms with Gasteiger partial charge < -0.3 is 16.8 Å². The van der Waals surface area contributed by atoms with Crippen molar-refractivity contribution in [3.05, 3.63) is 122 Å². The predicted octanol–water partition coefficient (Wildman–Crippen LogP) is 4.35. The van der Waals surface area contributed by atoms with E-state index >= 15 is 0 Å².